The van der Waals surface area contributed by atoms with E-state index in [1.165, 1.54) is 4.68 Å². The fourth-order valence-corrected chi connectivity index (χ4v) is 1.18. The van der Waals surface area contributed by atoms with Crippen molar-refractivity contribution in [3.05, 3.63) is 11.9 Å². The highest BCUT2D eigenvalue weighted by Gasteiger charge is 2.17. The average molecular weight is 225 g/mol. The smallest absolute Gasteiger partial charge is 0.361 e. The number of anilines is 1. The summed E-state index contributed by atoms with van der Waals surface area (Å²) in [5.74, 6) is -0.456. The lowest BCUT2D eigenvalue weighted by atomic mass is 9.93. The summed E-state index contributed by atoms with van der Waals surface area (Å²) >= 11 is 0. The highest BCUT2D eigenvalue weighted by atomic mass is 16.5. The van der Waals surface area contributed by atoms with E-state index in [0.29, 0.717) is 12.3 Å². The monoisotopic (exact) mass is 225 g/mol. The molecule has 0 aliphatic carbocycles. The third-order valence-electron chi connectivity index (χ3n) is 2.14. The summed E-state index contributed by atoms with van der Waals surface area (Å²) in [6, 6.07) is 0. The number of aryl methyl sites for hydroxylation is 1. The van der Waals surface area contributed by atoms with Gasteiger partial charge in [0.05, 0.1) is 12.3 Å². The zero-order chi connectivity index (χ0) is 12.3. The number of carbonyl (C=O) groups excluding carboxylic acids is 1. The molecular formula is C11H19N3O2. The number of aromatic nitrogens is 2. The molecule has 0 aliphatic heterocycles. The predicted molar refractivity (Wildman–Crippen MR) is 62.0 cm³/mol. The molecule has 90 valence electrons. The van der Waals surface area contributed by atoms with E-state index < -0.39 is 5.97 Å². The van der Waals surface area contributed by atoms with Gasteiger partial charge in [-0.3, -0.25) is 4.68 Å². The molecule has 1 aromatic heterocycles. The van der Waals surface area contributed by atoms with Crippen LogP contribution in [0.1, 0.15) is 37.7 Å². The van der Waals surface area contributed by atoms with Gasteiger partial charge in [-0.15, -0.1) is 0 Å². The third-order valence-corrected chi connectivity index (χ3v) is 2.14. The molecule has 0 saturated carbocycles. The van der Waals surface area contributed by atoms with Gasteiger partial charge in [-0.05, 0) is 11.8 Å². The van der Waals surface area contributed by atoms with Gasteiger partial charge in [0.1, 0.15) is 0 Å². The lowest BCUT2D eigenvalue weighted by Crippen LogP contribution is -2.14. The van der Waals surface area contributed by atoms with Crippen LogP contribution in [0, 0.1) is 5.41 Å². The summed E-state index contributed by atoms with van der Waals surface area (Å²) in [4.78, 5) is 11.6. The number of carbonyl (C=O) groups is 1. The topological polar surface area (TPSA) is 70.1 Å². The van der Waals surface area contributed by atoms with Crippen molar-refractivity contribution in [1.29, 1.82) is 0 Å². The first-order valence-corrected chi connectivity index (χ1v) is 5.26. The molecule has 1 heterocycles. The van der Waals surface area contributed by atoms with Crippen LogP contribution in [-0.4, -0.2) is 22.4 Å². The number of nitrogen functional groups attached to an aromatic ring is 1. The van der Waals surface area contributed by atoms with E-state index >= 15 is 0 Å². The summed E-state index contributed by atoms with van der Waals surface area (Å²) in [7, 11) is 1.71. The highest BCUT2D eigenvalue weighted by molar-refractivity contribution is 5.92. The molecule has 0 radical (unpaired) electrons. The first-order valence-electron chi connectivity index (χ1n) is 5.26. The van der Waals surface area contributed by atoms with Crippen LogP contribution in [0.3, 0.4) is 0 Å². The van der Waals surface area contributed by atoms with E-state index in [4.69, 9.17) is 10.5 Å². The van der Waals surface area contributed by atoms with E-state index in [9.17, 15) is 4.79 Å². The normalized spacial score (nSPS) is 11.5. The van der Waals surface area contributed by atoms with Gasteiger partial charge in [0.15, 0.2) is 5.69 Å². The quantitative estimate of drug-likeness (QED) is 0.793. The van der Waals surface area contributed by atoms with Gasteiger partial charge >= 0.3 is 5.97 Å². The molecule has 0 bridgehead atoms. The molecule has 0 saturated heterocycles. The number of ether oxygens (including phenoxy) is 1. The zero-order valence-corrected chi connectivity index (χ0v) is 10.3. The minimum atomic E-state index is -0.456. The second-order valence-corrected chi connectivity index (χ2v) is 5.05. The molecule has 0 fully saturated rings. The van der Waals surface area contributed by atoms with Crippen molar-refractivity contribution in [2.75, 3.05) is 12.3 Å². The first-order chi connectivity index (χ1) is 7.29. The van der Waals surface area contributed by atoms with Crippen LogP contribution in [0.5, 0.6) is 0 Å². The van der Waals surface area contributed by atoms with Crippen LogP contribution in [0.2, 0.25) is 0 Å². The largest absolute Gasteiger partial charge is 0.461 e. The Morgan fingerprint density at radius 3 is 2.62 bits per heavy atom. The van der Waals surface area contributed by atoms with Gasteiger partial charge in [0, 0.05) is 13.2 Å². The second-order valence-electron chi connectivity index (χ2n) is 5.05. The maximum Gasteiger partial charge on any atom is 0.361 e. The minimum Gasteiger partial charge on any atom is -0.461 e. The number of rotatable bonds is 3. The Labute approximate surface area is 95.6 Å². The maximum absolute atomic E-state index is 11.6. The van der Waals surface area contributed by atoms with E-state index in [1.54, 1.807) is 13.2 Å². The highest BCUT2D eigenvalue weighted by Crippen LogP contribution is 2.18. The number of hydrogen-bond acceptors (Lipinski definition) is 4. The molecule has 1 aromatic rings. The number of esters is 1. The van der Waals surface area contributed by atoms with Gasteiger partial charge in [-0.25, -0.2) is 4.79 Å². The number of nitrogens with zero attached hydrogens (tertiary/aromatic N) is 2. The van der Waals surface area contributed by atoms with E-state index in [0.717, 1.165) is 6.42 Å². The molecule has 0 spiro atoms. The molecule has 2 N–H and O–H groups in total. The Hall–Kier alpha value is -1.52. The van der Waals surface area contributed by atoms with Gasteiger partial charge < -0.3 is 10.5 Å². The summed E-state index contributed by atoms with van der Waals surface area (Å²) < 4.78 is 6.60. The Kier molecular flexibility index (Phi) is 3.57. The van der Waals surface area contributed by atoms with Gasteiger partial charge in [0.2, 0.25) is 0 Å². The molecule has 0 amide bonds. The van der Waals surface area contributed by atoms with Crippen molar-refractivity contribution >= 4 is 11.7 Å². The summed E-state index contributed by atoms with van der Waals surface area (Å²) in [6.45, 7) is 6.67. The molecule has 0 aliphatic rings. The van der Waals surface area contributed by atoms with Crippen LogP contribution in [0.15, 0.2) is 6.20 Å². The first kappa shape index (κ1) is 12.5. The molecule has 1 rings (SSSR count). The summed E-state index contributed by atoms with van der Waals surface area (Å²) in [5, 5.41) is 3.94. The zero-order valence-electron chi connectivity index (χ0n) is 10.3. The van der Waals surface area contributed by atoms with E-state index in [-0.39, 0.29) is 11.1 Å². The van der Waals surface area contributed by atoms with Crippen molar-refractivity contribution in [3.8, 4) is 0 Å². The molecule has 0 atom stereocenters. The van der Waals surface area contributed by atoms with Crippen molar-refractivity contribution < 1.29 is 9.53 Å². The van der Waals surface area contributed by atoms with Crippen molar-refractivity contribution in [2.45, 2.75) is 27.2 Å². The average Bonchev–Trinajstić information content (AvgIpc) is 2.43. The van der Waals surface area contributed by atoms with Crippen LogP contribution in [-0.2, 0) is 11.8 Å². The van der Waals surface area contributed by atoms with Gasteiger partial charge in [-0.2, -0.15) is 5.10 Å². The van der Waals surface area contributed by atoms with Gasteiger partial charge in [-0.1, -0.05) is 20.8 Å². The third kappa shape index (κ3) is 3.56. The number of nitrogens with two attached hydrogens (primary N) is 1. The van der Waals surface area contributed by atoms with E-state index in [2.05, 4.69) is 25.9 Å². The van der Waals surface area contributed by atoms with Crippen LogP contribution in [0.4, 0.5) is 5.69 Å². The Morgan fingerprint density at radius 1 is 1.56 bits per heavy atom. The second kappa shape index (κ2) is 4.55. The number of hydrogen-bond donors (Lipinski definition) is 1. The maximum atomic E-state index is 11.6. The van der Waals surface area contributed by atoms with Crippen molar-refractivity contribution in [2.24, 2.45) is 12.5 Å². The lowest BCUT2D eigenvalue weighted by Gasteiger charge is -2.17. The molecule has 5 nitrogen and oxygen atoms in total. The molecule has 0 unspecified atom stereocenters. The van der Waals surface area contributed by atoms with Crippen LogP contribution >= 0.6 is 0 Å². The molecule has 0 aromatic carbocycles. The minimum absolute atomic E-state index is 0.149. The SMILES string of the molecule is Cn1cc(N)c(C(=O)OCCC(C)(C)C)n1. The molecule has 16 heavy (non-hydrogen) atoms. The fourth-order valence-electron chi connectivity index (χ4n) is 1.18. The standard InChI is InChI=1S/C11H19N3O2/c1-11(2,3)5-6-16-10(15)9-8(12)7-14(4)13-9/h7H,5-6,12H2,1-4H3. The lowest BCUT2D eigenvalue weighted by molar-refractivity contribution is 0.0458. The Bertz CT molecular complexity index is 377. The van der Waals surface area contributed by atoms with Gasteiger partial charge in [0.25, 0.3) is 0 Å². The van der Waals surface area contributed by atoms with Crippen molar-refractivity contribution in [3.63, 3.8) is 0 Å². The Balaban J connectivity index is 2.51. The fraction of sp³-hybridized carbons (Fsp3) is 0.636. The summed E-state index contributed by atoms with van der Waals surface area (Å²) in [6.07, 6.45) is 2.39. The van der Waals surface area contributed by atoms with Crippen LogP contribution in [0.25, 0.3) is 0 Å². The van der Waals surface area contributed by atoms with Crippen LogP contribution < -0.4 is 5.73 Å². The molecular weight excluding hydrogens is 206 g/mol. The molecule has 5 heteroatoms. The predicted octanol–water partition coefficient (Wildman–Crippen LogP) is 1.60. The van der Waals surface area contributed by atoms with Crippen molar-refractivity contribution in [1.82, 2.24) is 9.78 Å². The van der Waals surface area contributed by atoms with E-state index in [1.807, 2.05) is 0 Å². The Morgan fingerprint density at radius 2 is 2.19 bits per heavy atom. The summed E-state index contributed by atoms with van der Waals surface area (Å²) in [5.41, 5.74) is 6.31.